The van der Waals surface area contributed by atoms with Crippen LogP contribution in [-0.4, -0.2) is 57.3 Å². The van der Waals surface area contributed by atoms with Gasteiger partial charge in [-0.3, -0.25) is 0 Å². The lowest BCUT2D eigenvalue weighted by Crippen LogP contribution is -2.38. The fourth-order valence-corrected chi connectivity index (χ4v) is 2.27. The summed E-state index contributed by atoms with van der Waals surface area (Å²) in [5.74, 6) is 6.68. The van der Waals surface area contributed by atoms with Crippen LogP contribution in [0, 0.1) is 11.8 Å². The van der Waals surface area contributed by atoms with Gasteiger partial charge in [-0.25, -0.2) is 4.98 Å². The molecule has 1 fully saturated rings. The third kappa shape index (κ3) is 20.3. The highest BCUT2D eigenvalue weighted by Crippen LogP contribution is 2.27. The normalized spacial score (nSPS) is 16.1. The third-order valence-corrected chi connectivity index (χ3v) is 3.82. The van der Waals surface area contributed by atoms with Crippen molar-refractivity contribution in [2.45, 2.75) is 86.5 Å². The van der Waals surface area contributed by atoms with Gasteiger partial charge in [-0.2, -0.15) is 0 Å². The molecule has 34 heavy (non-hydrogen) atoms. The quantitative estimate of drug-likeness (QED) is 0.364. The molecule has 0 aliphatic heterocycles. The van der Waals surface area contributed by atoms with Gasteiger partial charge in [-0.15, -0.1) is 0 Å². The van der Waals surface area contributed by atoms with E-state index in [1.165, 1.54) is 12.5 Å². The van der Waals surface area contributed by atoms with Crippen LogP contribution in [0.2, 0.25) is 0 Å². The largest absolute Gasteiger partial charge is 0.500 e. The van der Waals surface area contributed by atoms with E-state index in [0.29, 0.717) is 31.6 Å². The van der Waals surface area contributed by atoms with Crippen LogP contribution in [0.5, 0.6) is 5.75 Å². The van der Waals surface area contributed by atoms with Gasteiger partial charge in [0, 0.05) is 33.3 Å². The molecule has 198 valence electrons. The zero-order chi connectivity index (χ0) is 26.6. The second kappa shape index (κ2) is 28.8. The predicted molar refractivity (Wildman–Crippen MR) is 142 cm³/mol. The molecule has 1 aliphatic carbocycles. The zero-order valence-electron chi connectivity index (χ0n) is 23.2. The molecule has 1 aliphatic rings. The van der Waals surface area contributed by atoms with Crippen molar-refractivity contribution in [3.8, 4) is 17.6 Å². The number of rotatable bonds is 9. The lowest BCUT2D eigenvalue weighted by atomic mass is 9.92. The van der Waals surface area contributed by atoms with E-state index in [1.54, 1.807) is 20.4 Å². The number of hydrogen-bond acceptors (Lipinski definition) is 7. The Balaban J connectivity index is -0.000000679. The highest BCUT2D eigenvalue weighted by atomic mass is 16.5. The summed E-state index contributed by atoms with van der Waals surface area (Å²) in [6, 6.07) is 3.75. The third-order valence-electron chi connectivity index (χ3n) is 3.82. The molecule has 2 rings (SSSR count). The van der Waals surface area contributed by atoms with Crippen molar-refractivity contribution in [3.63, 3.8) is 0 Å². The van der Waals surface area contributed by atoms with Gasteiger partial charge < -0.3 is 29.4 Å². The average molecular weight is 483 g/mol. The van der Waals surface area contributed by atoms with Crippen LogP contribution in [0.25, 0.3) is 0 Å². The van der Waals surface area contributed by atoms with Crippen LogP contribution < -0.4 is 10.5 Å². The second-order valence-corrected chi connectivity index (χ2v) is 6.11. The van der Waals surface area contributed by atoms with Crippen molar-refractivity contribution in [2.24, 2.45) is 5.73 Å². The minimum Gasteiger partial charge on any atom is -0.500 e. The maximum absolute atomic E-state index is 5.79. The summed E-state index contributed by atoms with van der Waals surface area (Å²) in [5.41, 5.74) is 5.62. The smallest absolute Gasteiger partial charge is 0.138 e. The molecule has 2 N–H and O–H groups in total. The molecule has 0 amide bonds. The first-order chi connectivity index (χ1) is 16.6. The highest BCUT2D eigenvalue weighted by Gasteiger charge is 2.30. The van der Waals surface area contributed by atoms with Gasteiger partial charge in [0.2, 0.25) is 0 Å². The van der Waals surface area contributed by atoms with E-state index in [-0.39, 0.29) is 12.2 Å². The Morgan fingerprint density at radius 3 is 2.18 bits per heavy atom. The maximum Gasteiger partial charge on any atom is 0.138 e. The van der Waals surface area contributed by atoms with Crippen LogP contribution in [-0.2, 0) is 18.9 Å². The van der Waals surface area contributed by atoms with Gasteiger partial charge in [0.25, 0.3) is 0 Å². The fourth-order valence-electron chi connectivity index (χ4n) is 2.27. The lowest BCUT2D eigenvalue weighted by Gasteiger charge is -2.33. The first-order valence-corrected chi connectivity index (χ1v) is 12.4. The first-order valence-electron chi connectivity index (χ1n) is 12.4. The number of nitrogens with two attached hydrogens (primary N) is 1. The Morgan fingerprint density at radius 1 is 1.09 bits per heavy atom. The molecule has 0 aromatic carbocycles. The fraction of sp³-hybridized carbons (Fsp3) is 0.667. The zero-order valence-corrected chi connectivity index (χ0v) is 23.2. The molecule has 1 aromatic rings. The lowest BCUT2D eigenvalue weighted by molar-refractivity contribution is -0.0382. The Bertz CT molecular complexity index is 606. The van der Waals surface area contributed by atoms with Crippen LogP contribution in [0.3, 0.4) is 0 Å². The Labute approximate surface area is 209 Å². The standard InChI is InChI=1S/C17H23NO4.C4H9NO.3C2H6/c1-13(12-19-2)21-8-4-5-14-6-7-15(11-18-14)22-17-9-16(10-17)20-3;1-2-6-4-3-5;3*1-2/h6-7,11,13,16-17H,8-10,12H2,1-3H3;3-4H,2,5H2,1H3;3*1-2H3/b;4-3+;;;. The molecule has 1 atom stereocenters. The Morgan fingerprint density at radius 2 is 1.74 bits per heavy atom. The van der Waals surface area contributed by atoms with Gasteiger partial charge in [-0.1, -0.05) is 47.5 Å². The SMILES string of the molecule is CC.CC.CC.CCO/C=C/N.COCC(C)OCC#Cc1ccc(OC2CC(OC)C2)cn1. The molecule has 7 nitrogen and oxygen atoms in total. The molecule has 1 unspecified atom stereocenters. The van der Waals surface area contributed by atoms with Crippen molar-refractivity contribution in [1.82, 2.24) is 4.98 Å². The van der Waals surface area contributed by atoms with E-state index in [0.717, 1.165) is 18.6 Å². The average Bonchev–Trinajstić information content (AvgIpc) is 2.87. The van der Waals surface area contributed by atoms with Gasteiger partial charge in [0.1, 0.15) is 24.2 Å². The number of pyridine rings is 1. The molecule has 1 aromatic heterocycles. The summed E-state index contributed by atoms with van der Waals surface area (Å²) >= 11 is 0. The van der Waals surface area contributed by atoms with Gasteiger partial charge in [0.15, 0.2) is 0 Å². The molecule has 0 spiro atoms. The van der Waals surface area contributed by atoms with E-state index in [1.807, 2.05) is 67.5 Å². The van der Waals surface area contributed by atoms with Gasteiger partial charge in [-0.05, 0) is 31.9 Å². The van der Waals surface area contributed by atoms with Crippen molar-refractivity contribution in [2.75, 3.05) is 34.0 Å². The number of aromatic nitrogens is 1. The van der Waals surface area contributed by atoms with E-state index in [4.69, 9.17) is 24.7 Å². The van der Waals surface area contributed by atoms with E-state index >= 15 is 0 Å². The van der Waals surface area contributed by atoms with Gasteiger partial charge >= 0.3 is 0 Å². The first kappa shape index (κ1) is 36.3. The van der Waals surface area contributed by atoms with Crippen molar-refractivity contribution >= 4 is 0 Å². The summed E-state index contributed by atoms with van der Waals surface area (Å²) in [6.45, 7) is 17.5. The number of hydrogen-bond donors (Lipinski definition) is 1. The molecular formula is C27H50N2O5. The van der Waals surface area contributed by atoms with E-state index in [2.05, 4.69) is 21.6 Å². The molecule has 1 saturated carbocycles. The van der Waals surface area contributed by atoms with Gasteiger partial charge in [0.05, 0.1) is 37.9 Å². The molecule has 1 heterocycles. The number of methoxy groups -OCH3 is 2. The van der Waals surface area contributed by atoms with Crippen molar-refractivity contribution < 1.29 is 23.7 Å². The molecule has 0 saturated heterocycles. The van der Waals surface area contributed by atoms with Crippen LogP contribution in [0.15, 0.2) is 30.8 Å². The molecular weight excluding hydrogens is 432 g/mol. The Hall–Kier alpha value is -2.27. The summed E-state index contributed by atoms with van der Waals surface area (Å²) in [7, 11) is 3.38. The van der Waals surface area contributed by atoms with Crippen LogP contribution in [0.4, 0.5) is 0 Å². The highest BCUT2D eigenvalue weighted by molar-refractivity contribution is 5.31. The summed E-state index contributed by atoms with van der Waals surface area (Å²) in [4.78, 5) is 4.27. The summed E-state index contributed by atoms with van der Waals surface area (Å²) in [6.07, 6.45) is 7.02. The summed E-state index contributed by atoms with van der Waals surface area (Å²) < 4.78 is 26.1. The number of nitrogens with zero attached hydrogens (tertiary/aromatic N) is 1. The minimum absolute atomic E-state index is 0.0430. The van der Waals surface area contributed by atoms with Crippen molar-refractivity contribution in [1.29, 1.82) is 0 Å². The minimum atomic E-state index is 0.0430. The van der Waals surface area contributed by atoms with Crippen LogP contribution >= 0.6 is 0 Å². The van der Waals surface area contributed by atoms with Crippen molar-refractivity contribution in [3.05, 3.63) is 36.5 Å². The Kier molecular flexibility index (Phi) is 30.7. The van der Waals surface area contributed by atoms with Crippen LogP contribution in [0.1, 0.15) is 73.9 Å². The monoisotopic (exact) mass is 482 g/mol. The molecule has 0 bridgehead atoms. The second-order valence-electron chi connectivity index (χ2n) is 6.11. The maximum atomic E-state index is 5.79. The predicted octanol–water partition coefficient (Wildman–Crippen LogP) is 5.57. The van der Waals surface area contributed by atoms with E-state index in [9.17, 15) is 0 Å². The van der Waals surface area contributed by atoms with E-state index < -0.39 is 0 Å². The summed E-state index contributed by atoms with van der Waals surface area (Å²) in [5, 5.41) is 0. The molecule has 7 heteroatoms. The number of ether oxygens (including phenoxy) is 5. The topological polar surface area (TPSA) is 85.1 Å². The molecule has 0 radical (unpaired) electrons.